The lowest BCUT2D eigenvalue weighted by molar-refractivity contribution is -0.137. The van der Waals surface area contributed by atoms with Crippen LogP contribution in [0, 0.1) is 0 Å². The maximum absolute atomic E-state index is 12.8. The van der Waals surface area contributed by atoms with Gasteiger partial charge >= 0.3 is 6.18 Å². The van der Waals surface area contributed by atoms with Crippen molar-refractivity contribution < 1.29 is 17.4 Å². The van der Waals surface area contributed by atoms with Crippen LogP contribution >= 0.6 is 0 Å². The Balaban J connectivity index is 2.19. The van der Waals surface area contributed by atoms with E-state index in [1.54, 1.807) is 24.8 Å². The molecular weight excluding hydrogens is 343 g/mol. The van der Waals surface area contributed by atoms with Crippen LogP contribution in [0.2, 0.25) is 0 Å². The first-order valence-electron chi connectivity index (χ1n) is 7.12. The zero-order valence-corrected chi connectivity index (χ0v) is 13.7. The fourth-order valence-electron chi connectivity index (χ4n) is 2.35. The number of fused-ring (bicyclic) bond motifs is 1. The van der Waals surface area contributed by atoms with Gasteiger partial charge in [0, 0.05) is 25.2 Å². The molecule has 6 nitrogen and oxygen atoms in total. The predicted molar refractivity (Wildman–Crippen MR) is 85.6 cm³/mol. The number of rotatable bonds is 3. The van der Waals surface area contributed by atoms with Crippen molar-refractivity contribution in [2.24, 2.45) is 12.0 Å². The molecule has 0 radical (unpaired) electrons. The first-order chi connectivity index (χ1) is 11.3. The summed E-state index contributed by atoms with van der Waals surface area (Å²) in [5, 5.41) is 3.43. The van der Waals surface area contributed by atoms with Gasteiger partial charge in [0.1, 0.15) is 16.2 Å². The van der Waals surface area contributed by atoms with Gasteiger partial charge in [0.05, 0.1) is 22.9 Å². The second-order valence-electron chi connectivity index (χ2n) is 5.06. The van der Waals surface area contributed by atoms with Crippen LogP contribution in [0.1, 0.15) is 18.3 Å². The van der Waals surface area contributed by atoms with E-state index in [-0.39, 0.29) is 5.52 Å². The maximum Gasteiger partial charge on any atom is 0.417 e. The summed E-state index contributed by atoms with van der Waals surface area (Å²) in [4.78, 5) is 12.3. The van der Waals surface area contributed by atoms with Crippen molar-refractivity contribution in [1.29, 1.82) is 0 Å². The number of aromatic nitrogens is 3. The largest absolute Gasteiger partial charge is 0.417 e. The molecule has 1 aliphatic heterocycles. The van der Waals surface area contributed by atoms with Gasteiger partial charge in [0.25, 0.3) is 0 Å². The molecule has 10 heteroatoms. The summed E-state index contributed by atoms with van der Waals surface area (Å²) in [5.41, 5.74) is -0.100. The molecule has 0 saturated carbocycles. The fraction of sp³-hybridized carbons (Fsp3) is 0.357. The minimum atomic E-state index is -4.49. The highest BCUT2D eigenvalue weighted by Crippen LogP contribution is 2.31. The van der Waals surface area contributed by atoms with E-state index >= 15 is 0 Å². The van der Waals surface area contributed by atoms with Crippen molar-refractivity contribution in [3.05, 3.63) is 28.7 Å². The molecule has 0 bridgehead atoms. The first kappa shape index (κ1) is 16.6. The summed E-state index contributed by atoms with van der Waals surface area (Å²) >= 11 is 0. The lowest BCUT2D eigenvalue weighted by Crippen LogP contribution is -2.25. The summed E-state index contributed by atoms with van der Waals surface area (Å²) in [6.07, 6.45) is -2.12. The highest BCUT2D eigenvalue weighted by atomic mass is 32.2. The minimum absolute atomic E-state index is 0.109. The molecule has 1 N–H and O–H groups in total. The van der Waals surface area contributed by atoms with Crippen LogP contribution in [-0.2, 0) is 24.0 Å². The Morgan fingerprint density at radius 1 is 1.42 bits per heavy atom. The Hall–Kier alpha value is -2.23. The fourth-order valence-corrected chi connectivity index (χ4v) is 3.25. The SMILES string of the molecule is CC[S@](=O)C1=C(c2nc3cc(C(F)(F)F)cnc3n2C)N=CCN1. The van der Waals surface area contributed by atoms with E-state index < -0.39 is 22.5 Å². The van der Waals surface area contributed by atoms with Gasteiger partial charge in [-0.2, -0.15) is 13.2 Å². The van der Waals surface area contributed by atoms with Gasteiger partial charge < -0.3 is 9.88 Å². The molecule has 0 aliphatic carbocycles. The number of hydrogen-bond acceptors (Lipinski definition) is 5. The summed E-state index contributed by atoms with van der Waals surface area (Å²) in [6.45, 7) is 2.21. The molecule has 3 heterocycles. The molecule has 0 fully saturated rings. The highest BCUT2D eigenvalue weighted by Gasteiger charge is 2.32. The van der Waals surface area contributed by atoms with Gasteiger partial charge in [-0.15, -0.1) is 0 Å². The molecule has 0 unspecified atom stereocenters. The average Bonchev–Trinajstić information content (AvgIpc) is 2.89. The highest BCUT2D eigenvalue weighted by molar-refractivity contribution is 7.89. The quantitative estimate of drug-likeness (QED) is 0.913. The van der Waals surface area contributed by atoms with Crippen molar-refractivity contribution in [2.45, 2.75) is 13.1 Å². The van der Waals surface area contributed by atoms with Gasteiger partial charge in [-0.05, 0) is 6.07 Å². The molecule has 3 rings (SSSR count). The Bertz CT molecular complexity index is 884. The van der Waals surface area contributed by atoms with Crippen LogP contribution in [0.15, 0.2) is 22.3 Å². The topological polar surface area (TPSA) is 72.2 Å². The molecule has 1 atom stereocenters. The van der Waals surface area contributed by atoms with Crippen molar-refractivity contribution >= 4 is 33.9 Å². The molecule has 2 aromatic heterocycles. The number of alkyl halides is 3. The van der Waals surface area contributed by atoms with Gasteiger partial charge in [-0.25, -0.2) is 9.97 Å². The first-order valence-corrected chi connectivity index (χ1v) is 8.44. The zero-order chi connectivity index (χ0) is 17.5. The number of pyridine rings is 1. The number of nitrogens with one attached hydrogen (secondary N) is 1. The van der Waals surface area contributed by atoms with E-state index in [1.807, 2.05) is 0 Å². The summed E-state index contributed by atoms with van der Waals surface area (Å²) in [5.74, 6) is 0.707. The summed E-state index contributed by atoms with van der Waals surface area (Å²) in [7, 11) is 0.342. The molecule has 2 aromatic rings. The van der Waals surface area contributed by atoms with Crippen molar-refractivity contribution in [3.8, 4) is 0 Å². The number of nitrogens with zero attached hydrogens (tertiary/aromatic N) is 4. The van der Waals surface area contributed by atoms with Gasteiger partial charge in [0.2, 0.25) is 0 Å². The second kappa shape index (κ2) is 6.00. The minimum Gasteiger partial charge on any atom is -0.371 e. The Labute approximate surface area is 138 Å². The molecule has 1 aliphatic rings. The lowest BCUT2D eigenvalue weighted by Gasteiger charge is -2.15. The van der Waals surface area contributed by atoms with E-state index in [1.165, 1.54) is 0 Å². The van der Waals surface area contributed by atoms with E-state index in [0.29, 0.717) is 34.5 Å². The Morgan fingerprint density at radius 3 is 2.83 bits per heavy atom. The smallest absolute Gasteiger partial charge is 0.371 e. The van der Waals surface area contributed by atoms with Gasteiger partial charge in [-0.1, -0.05) is 6.92 Å². The molecule has 128 valence electrons. The molecule has 0 aromatic carbocycles. The molecular formula is C14H14F3N5OS. The van der Waals surface area contributed by atoms with Crippen LogP contribution in [0.4, 0.5) is 13.2 Å². The number of imidazole rings is 1. The van der Waals surface area contributed by atoms with Crippen LogP contribution in [0.3, 0.4) is 0 Å². The number of aryl methyl sites for hydroxylation is 1. The monoisotopic (exact) mass is 357 g/mol. The van der Waals surface area contributed by atoms with Crippen LogP contribution in [0.25, 0.3) is 16.9 Å². The van der Waals surface area contributed by atoms with Crippen LogP contribution in [0.5, 0.6) is 0 Å². The van der Waals surface area contributed by atoms with E-state index in [9.17, 15) is 17.4 Å². The number of aliphatic imine (C=N–C) groups is 1. The normalized spacial score (nSPS) is 16.5. The van der Waals surface area contributed by atoms with Crippen LogP contribution in [-0.4, -0.2) is 37.3 Å². The molecule has 0 spiro atoms. The maximum atomic E-state index is 12.8. The Kier molecular flexibility index (Phi) is 4.16. The van der Waals surface area contributed by atoms with E-state index in [0.717, 1.165) is 12.3 Å². The molecule has 24 heavy (non-hydrogen) atoms. The summed E-state index contributed by atoms with van der Waals surface area (Å²) < 4.78 is 52.2. The third kappa shape index (κ3) is 2.81. The third-order valence-electron chi connectivity index (χ3n) is 3.53. The summed E-state index contributed by atoms with van der Waals surface area (Å²) in [6, 6.07) is 0.947. The predicted octanol–water partition coefficient (Wildman–Crippen LogP) is 2.06. The molecule has 0 amide bonds. The van der Waals surface area contributed by atoms with Gasteiger partial charge in [-0.3, -0.25) is 9.20 Å². The van der Waals surface area contributed by atoms with Crippen molar-refractivity contribution in [1.82, 2.24) is 19.9 Å². The Morgan fingerprint density at radius 2 is 2.17 bits per heavy atom. The van der Waals surface area contributed by atoms with E-state index in [4.69, 9.17) is 0 Å². The second-order valence-corrected chi connectivity index (χ2v) is 6.74. The average molecular weight is 357 g/mol. The lowest BCUT2D eigenvalue weighted by atomic mass is 10.2. The van der Waals surface area contributed by atoms with Gasteiger partial charge in [0.15, 0.2) is 11.5 Å². The standard InChI is InChI=1S/C14H14F3N5OS/c1-3-24(23)13-10(18-4-5-19-13)12-21-9-6-8(14(15,16)17)7-20-11(9)22(12)2/h4,6-7,19H,3,5H2,1-2H3/t24-/m0/s1. The van der Waals surface area contributed by atoms with Crippen LogP contribution < -0.4 is 5.32 Å². The zero-order valence-electron chi connectivity index (χ0n) is 12.9. The number of hydrogen-bond donors (Lipinski definition) is 1. The third-order valence-corrected chi connectivity index (χ3v) is 4.84. The van der Waals surface area contributed by atoms with E-state index in [2.05, 4.69) is 20.3 Å². The van der Waals surface area contributed by atoms with Crippen molar-refractivity contribution in [3.63, 3.8) is 0 Å². The van der Waals surface area contributed by atoms with Crippen molar-refractivity contribution in [2.75, 3.05) is 12.3 Å². The number of halogens is 3. The molecule has 0 saturated heterocycles.